The molecule has 2 unspecified atom stereocenters. The zero-order valence-corrected chi connectivity index (χ0v) is 12.9. The van der Waals surface area contributed by atoms with Crippen molar-refractivity contribution < 1.29 is 0 Å². The number of benzene rings is 1. The van der Waals surface area contributed by atoms with Crippen molar-refractivity contribution in [2.75, 3.05) is 0 Å². The Morgan fingerprint density at radius 1 is 1.15 bits per heavy atom. The molecule has 2 atom stereocenters. The molecule has 1 aromatic carbocycles. The van der Waals surface area contributed by atoms with Crippen LogP contribution in [0.4, 0.5) is 0 Å². The number of hydrogen-bond donors (Lipinski definition) is 1. The van der Waals surface area contributed by atoms with Gasteiger partial charge in [-0.3, -0.25) is 0 Å². The van der Waals surface area contributed by atoms with Crippen molar-refractivity contribution in [3.8, 4) is 0 Å². The maximum absolute atomic E-state index is 6.32. The van der Waals surface area contributed by atoms with Gasteiger partial charge < -0.3 is 10.3 Å². The molecule has 0 saturated carbocycles. The number of aryl methyl sites for hydroxylation is 1. The minimum absolute atomic E-state index is 0.0467. The van der Waals surface area contributed by atoms with Crippen LogP contribution in [0, 0.1) is 12.8 Å². The average molecular weight is 271 g/mol. The van der Waals surface area contributed by atoms with Gasteiger partial charge in [0.15, 0.2) is 0 Å². The van der Waals surface area contributed by atoms with E-state index < -0.39 is 0 Å². The third-order valence-corrected chi connectivity index (χ3v) is 3.78. The first-order valence-electron chi connectivity index (χ1n) is 7.33. The van der Waals surface area contributed by atoms with Gasteiger partial charge in [0.05, 0.1) is 18.1 Å². The van der Waals surface area contributed by atoms with E-state index in [2.05, 4.69) is 61.5 Å². The Hall–Kier alpha value is -1.61. The van der Waals surface area contributed by atoms with Crippen LogP contribution < -0.4 is 5.73 Å². The first kappa shape index (κ1) is 14.8. The summed E-state index contributed by atoms with van der Waals surface area (Å²) in [5.41, 5.74) is 10.0. The van der Waals surface area contributed by atoms with E-state index in [1.54, 1.807) is 0 Å². The van der Waals surface area contributed by atoms with Crippen LogP contribution in [-0.4, -0.2) is 9.55 Å². The number of hydrogen-bond acceptors (Lipinski definition) is 2. The quantitative estimate of drug-likeness (QED) is 0.897. The standard InChI is InChI=1S/C17H25N3/c1-12(2)9-16(18)17-10-19-11-20(17)14(4)15-7-5-13(3)6-8-15/h5-8,10-12,14,16H,9,18H2,1-4H3. The number of nitrogens with two attached hydrogens (primary N) is 1. The van der Waals surface area contributed by atoms with Crippen LogP contribution in [0.15, 0.2) is 36.8 Å². The molecule has 0 saturated heterocycles. The van der Waals surface area contributed by atoms with Gasteiger partial charge >= 0.3 is 0 Å². The van der Waals surface area contributed by atoms with Gasteiger partial charge in [0, 0.05) is 12.2 Å². The molecule has 2 rings (SSSR count). The highest BCUT2D eigenvalue weighted by molar-refractivity contribution is 5.25. The van der Waals surface area contributed by atoms with Crippen molar-refractivity contribution >= 4 is 0 Å². The average Bonchev–Trinajstić information content (AvgIpc) is 2.87. The predicted octanol–water partition coefficient (Wildman–Crippen LogP) is 3.85. The molecule has 0 radical (unpaired) electrons. The second-order valence-electron chi connectivity index (χ2n) is 6.05. The molecule has 3 heteroatoms. The summed E-state index contributed by atoms with van der Waals surface area (Å²) in [5.74, 6) is 0.586. The van der Waals surface area contributed by atoms with Gasteiger partial charge in [-0.1, -0.05) is 43.7 Å². The second kappa shape index (κ2) is 6.23. The number of aromatic nitrogens is 2. The summed E-state index contributed by atoms with van der Waals surface area (Å²) in [5, 5.41) is 0. The van der Waals surface area contributed by atoms with E-state index in [4.69, 9.17) is 5.73 Å². The highest BCUT2D eigenvalue weighted by atomic mass is 15.1. The first-order valence-corrected chi connectivity index (χ1v) is 7.33. The molecule has 20 heavy (non-hydrogen) atoms. The molecule has 0 amide bonds. The summed E-state index contributed by atoms with van der Waals surface area (Å²) in [7, 11) is 0. The molecule has 2 aromatic rings. The Bertz CT molecular complexity index is 540. The van der Waals surface area contributed by atoms with Gasteiger partial charge in [-0.25, -0.2) is 4.98 Å². The van der Waals surface area contributed by atoms with E-state index in [1.807, 2.05) is 12.5 Å². The van der Waals surface area contributed by atoms with Gasteiger partial charge in [-0.05, 0) is 31.7 Å². The molecule has 0 fully saturated rings. The Kier molecular flexibility index (Phi) is 4.61. The Morgan fingerprint density at radius 2 is 1.80 bits per heavy atom. The van der Waals surface area contributed by atoms with E-state index in [0.717, 1.165) is 12.1 Å². The predicted molar refractivity (Wildman–Crippen MR) is 83.6 cm³/mol. The van der Waals surface area contributed by atoms with Gasteiger partial charge in [-0.2, -0.15) is 0 Å². The number of nitrogens with zero attached hydrogens (tertiary/aromatic N) is 2. The van der Waals surface area contributed by atoms with Crippen LogP contribution in [0.2, 0.25) is 0 Å². The van der Waals surface area contributed by atoms with Crippen LogP contribution in [0.3, 0.4) is 0 Å². The van der Waals surface area contributed by atoms with Gasteiger partial charge in [-0.15, -0.1) is 0 Å². The fraction of sp³-hybridized carbons (Fsp3) is 0.471. The fourth-order valence-corrected chi connectivity index (χ4v) is 2.56. The third-order valence-electron chi connectivity index (χ3n) is 3.78. The van der Waals surface area contributed by atoms with Gasteiger partial charge in [0.2, 0.25) is 0 Å². The normalized spacial score (nSPS) is 14.5. The summed E-state index contributed by atoms with van der Waals surface area (Å²) >= 11 is 0. The number of rotatable bonds is 5. The summed E-state index contributed by atoms with van der Waals surface area (Å²) in [6.07, 6.45) is 4.77. The Morgan fingerprint density at radius 3 is 2.40 bits per heavy atom. The lowest BCUT2D eigenvalue weighted by Gasteiger charge is -2.21. The van der Waals surface area contributed by atoms with Crippen LogP contribution in [0.25, 0.3) is 0 Å². The molecule has 0 aliphatic rings. The van der Waals surface area contributed by atoms with Gasteiger partial charge in [0.1, 0.15) is 0 Å². The van der Waals surface area contributed by atoms with E-state index in [9.17, 15) is 0 Å². The molecular formula is C17H25N3. The Labute approximate surface area is 121 Å². The van der Waals surface area contributed by atoms with Crippen LogP contribution in [-0.2, 0) is 0 Å². The largest absolute Gasteiger partial charge is 0.326 e. The summed E-state index contributed by atoms with van der Waals surface area (Å²) in [4.78, 5) is 4.30. The molecular weight excluding hydrogens is 246 g/mol. The van der Waals surface area contributed by atoms with Crippen molar-refractivity contribution in [2.45, 2.75) is 46.2 Å². The summed E-state index contributed by atoms with van der Waals surface area (Å²) in [6, 6.07) is 8.96. The van der Waals surface area contributed by atoms with Crippen LogP contribution in [0.5, 0.6) is 0 Å². The van der Waals surface area contributed by atoms with E-state index in [1.165, 1.54) is 11.1 Å². The minimum atomic E-state index is 0.0467. The molecule has 2 N–H and O–H groups in total. The monoisotopic (exact) mass is 271 g/mol. The van der Waals surface area contributed by atoms with Crippen molar-refractivity contribution in [3.05, 3.63) is 53.6 Å². The zero-order valence-electron chi connectivity index (χ0n) is 12.9. The molecule has 0 spiro atoms. The summed E-state index contributed by atoms with van der Waals surface area (Å²) < 4.78 is 2.19. The number of imidazole rings is 1. The SMILES string of the molecule is Cc1ccc(C(C)n2cncc2C(N)CC(C)C)cc1. The molecule has 1 aromatic heterocycles. The molecule has 0 aliphatic carbocycles. The zero-order chi connectivity index (χ0) is 14.7. The molecule has 3 nitrogen and oxygen atoms in total. The maximum Gasteiger partial charge on any atom is 0.0954 e. The van der Waals surface area contributed by atoms with Gasteiger partial charge in [0.25, 0.3) is 0 Å². The van der Waals surface area contributed by atoms with E-state index >= 15 is 0 Å². The minimum Gasteiger partial charge on any atom is -0.326 e. The van der Waals surface area contributed by atoms with E-state index in [0.29, 0.717) is 5.92 Å². The smallest absolute Gasteiger partial charge is 0.0954 e. The molecule has 0 aliphatic heterocycles. The topological polar surface area (TPSA) is 43.8 Å². The molecule has 108 valence electrons. The highest BCUT2D eigenvalue weighted by Crippen LogP contribution is 2.25. The summed E-state index contributed by atoms with van der Waals surface area (Å²) in [6.45, 7) is 8.70. The van der Waals surface area contributed by atoms with Crippen molar-refractivity contribution in [3.63, 3.8) is 0 Å². The lowest BCUT2D eigenvalue weighted by atomic mass is 10.0. The first-order chi connectivity index (χ1) is 9.49. The third kappa shape index (κ3) is 3.28. The van der Waals surface area contributed by atoms with Crippen molar-refractivity contribution in [1.82, 2.24) is 9.55 Å². The lowest BCUT2D eigenvalue weighted by molar-refractivity contribution is 0.475. The van der Waals surface area contributed by atoms with E-state index in [-0.39, 0.29) is 12.1 Å². The molecule has 0 bridgehead atoms. The second-order valence-corrected chi connectivity index (χ2v) is 6.05. The Balaban J connectivity index is 2.24. The maximum atomic E-state index is 6.32. The molecule has 1 heterocycles. The fourth-order valence-electron chi connectivity index (χ4n) is 2.56. The lowest BCUT2D eigenvalue weighted by Crippen LogP contribution is -2.19. The van der Waals surface area contributed by atoms with Crippen molar-refractivity contribution in [2.24, 2.45) is 11.7 Å². The highest BCUT2D eigenvalue weighted by Gasteiger charge is 2.17. The van der Waals surface area contributed by atoms with Crippen LogP contribution >= 0.6 is 0 Å². The van der Waals surface area contributed by atoms with Crippen LogP contribution in [0.1, 0.15) is 56.1 Å². The van der Waals surface area contributed by atoms with Crippen molar-refractivity contribution in [1.29, 1.82) is 0 Å².